The monoisotopic (exact) mass is 258 g/mol. The minimum absolute atomic E-state index is 0.359. The molecule has 0 radical (unpaired) electrons. The second kappa shape index (κ2) is 4.28. The Kier molecular flexibility index (Phi) is 3.50. The molecule has 0 amide bonds. The van der Waals surface area contributed by atoms with E-state index in [0.29, 0.717) is 0 Å². The molecule has 78 valence electrons. The molecule has 0 saturated heterocycles. The van der Waals surface area contributed by atoms with Gasteiger partial charge in [0, 0.05) is 10.7 Å². The molecule has 14 heavy (non-hydrogen) atoms. The van der Waals surface area contributed by atoms with E-state index in [2.05, 4.69) is 26.2 Å². The average Bonchev–Trinajstić information content (AvgIpc) is 2.02. The Morgan fingerprint density at radius 3 is 2.64 bits per heavy atom. The number of halogens is 1. The highest BCUT2D eigenvalue weighted by atomic mass is 79.9. The lowest BCUT2D eigenvalue weighted by Gasteiger charge is -2.30. The average molecular weight is 259 g/mol. The first-order valence-electron chi connectivity index (χ1n) is 4.48. The molecule has 0 aliphatic heterocycles. The van der Waals surface area contributed by atoms with Gasteiger partial charge < -0.3 is 10.4 Å². The van der Waals surface area contributed by atoms with Crippen LogP contribution in [-0.2, 0) is 0 Å². The van der Waals surface area contributed by atoms with Crippen LogP contribution in [0.15, 0.2) is 22.9 Å². The van der Waals surface area contributed by atoms with Crippen LogP contribution in [0.25, 0.3) is 0 Å². The van der Waals surface area contributed by atoms with E-state index < -0.39 is 6.10 Å². The summed E-state index contributed by atoms with van der Waals surface area (Å²) in [5, 5.41) is 12.7. The van der Waals surface area contributed by atoms with Gasteiger partial charge in [-0.2, -0.15) is 0 Å². The number of aromatic nitrogens is 1. The van der Waals surface area contributed by atoms with Crippen molar-refractivity contribution in [3.05, 3.63) is 22.9 Å². The van der Waals surface area contributed by atoms with E-state index in [-0.39, 0.29) is 5.54 Å². The van der Waals surface area contributed by atoms with Crippen LogP contribution in [0.3, 0.4) is 0 Å². The molecule has 1 rings (SSSR count). The number of hydrogen-bond donors (Lipinski definition) is 2. The van der Waals surface area contributed by atoms with Gasteiger partial charge in [-0.15, -0.1) is 0 Å². The molecule has 1 aromatic heterocycles. The van der Waals surface area contributed by atoms with Crippen molar-refractivity contribution in [1.29, 1.82) is 0 Å². The summed E-state index contributed by atoms with van der Waals surface area (Å²) >= 11 is 3.34. The smallest absolute Gasteiger partial charge is 0.0736 e. The first kappa shape index (κ1) is 11.5. The van der Waals surface area contributed by atoms with Crippen molar-refractivity contribution in [1.82, 2.24) is 4.98 Å². The van der Waals surface area contributed by atoms with Gasteiger partial charge in [0.2, 0.25) is 0 Å². The predicted octanol–water partition coefficient (Wildman–Crippen LogP) is 2.42. The van der Waals surface area contributed by atoms with Gasteiger partial charge in [-0.3, -0.25) is 4.98 Å². The maximum Gasteiger partial charge on any atom is 0.0736 e. The van der Waals surface area contributed by atoms with Crippen LogP contribution in [0.2, 0.25) is 0 Å². The standard InChI is InChI=1S/C10H15BrN2O/c1-7(14)10(2,3)13-9-4-8(11)5-12-6-9/h4-7,13-14H,1-3H3. The van der Waals surface area contributed by atoms with Crippen molar-refractivity contribution in [3.8, 4) is 0 Å². The van der Waals surface area contributed by atoms with Crippen LogP contribution in [0.5, 0.6) is 0 Å². The van der Waals surface area contributed by atoms with Crippen molar-refractivity contribution in [3.63, 3.8) is 0 Å². The van der Waals surface area contributed by atoms with E-state index >= 15 is 0 Å². The van der Waals surface area contributed by atoms with Crippen molar-refractivity contribution < 1.29 is 5.11 Å². The van der Waals surface area contributed by atoms with E-state index in [9.17, 15) is 5.11 Å². The third-order valence-electron chi connectivity index (χ3n) is 2.22. The zero-order valence-electron chi connectivity index (χ0n) is 8.58. The minimum atomic E-state index is -0.429. The SMILES string of the molecule is CC(O)C(C)(C)Nc1cncc(Br)c1. The lowest BCUT2D eigenvalue weighted by atomic mass is 9.98. The molecule has 0 fully saturated rings. The van der Waals surface area contributed by atoms with Gasteiger partial charge in [-0.25, -0.2) is 0 Å². The summed E-state index contributed by atoms with van der Waals surface area (Å²) in [6, 6.07) is 1.93. The molecule has 0 aliphatic rings. The third-order valence-corrected chi connectivity index (χ3v) is 2.65. The van der Waals surface area contributed by atoms with Crippen LogP contribution in [0, 0.1) is 0 Å². The molecule has 0 aromatic carbocycles. The number of rotatable bonds is 3. The van der Waals surface area contributed by atoms with Gasteiger partial charge in [-0.1, -0.05) is 0 Å². The van der Waals surface area contributed by atoms with Gasteiger partial charge >= 0.3 is 0 Å². The zero-order chi connectivity index (χ0) is 10.8. The third kappa shape index (κ3) is 2.96. The highest BCUT2D eigenvalue weighted by molar-refractivity contribution is 9.10. The van der Waals surface area contributed by atoms with Crippen molar-refractivity contribution in [2.24, 2.45) is 0 Å². The quantitative estimate of drug-likeness (QED) is 0.876. The summed E-state index contributed by atoms with van der Waals surface area (Å²) in [6.07, 6.45) is 3.02. The van der Waals surface area contributed by atoms with Crippen LogP contribution in [0.4, 0.5) is 5.69 Å². The lowest BCUT2D eigenvalue weighted by molar-refractivity contribution is 0.133. The fourth-order valence-electron chi connectivity index (χ4n) is 0.957. The second-order valence-electron chi connectivity index (χ2n) is 3.91. The summed E-state index contributed by atoms with van der Waals surface area (Å²) in [4.78, 5) is 4.04. The number of anilines is 1. The van der Waals surface area contributed by atoms with Gasteiger partial charge in [0.25, 0.3) is 0 Å². The van der Waals surface area contributed by atoms with E-state index in [0.717, 1.165) is 10.2 Å². The Morgan fingerprint density at radius 2 is 2.14 bits per heavy atom. The molecular weight excluding hydrogens is 244 g/mol. The van der Waals surface area contributed by atoms with Crippen molar-refractivity contribution in [2.45, 2.75) is 32.4 Å². The van der Waals surface area contributed by atoms with Crippen LogP contribution in [-0.4, -0.2) is 21.7 Å². The number of hydrogen-bond acceptors (Lipinski definition) is 3. The fraction of sp³-hybridized carbons (Fsp3) is 0.500. The maximum atomic E-state index is 9.52. The second-order valence-corrected chi connectivity index (χ2v) is 4.83. The van der Waals surface area contributed by atoms with E-state index in [1.54, 1.807) is 19.3 Å². The molecular formula is C10H15BrN2O. The number of nitrogens with zero attached hydrogens (tertiary/aromatic N) is 1. The van der Waals surface area contributed by atoms with Crippen LogP contribution >= 0.6 is 15.9 Å². The van der Waals surface area contributed by atoms with E-state index in [4.69, 9.17) is 0 Å². The molecule has 1 atom stereocenters. The number of aliphatic hydroxyl groups is 1. The summed E-state index contributed by atoms with van der Waals surface area (Å²) in [7, 11) is 0. The largest absolute Gasteiger partial charge is 0.391 e. The zero-order valence-corrected chi connectivity index (χ0v) is 10.2. The Hall–Kier alpha value is -0.610. The normalized spacial score (nSPS) is 13.8. The minimum Gasteiger partial charge on any atom is -0.391 e. The Bertz CT molecular complexity index is 313. The van der Waals surface area contributed by atoms with E-state index in [1.165, 1.54) is 0 Å². The van der Waals surface area contributed by atoms with Gasteiger partial charge in [-0.05, 0) is 42.8 Å². The van der Waals surface area contributed by atoms with Crippen molar-refractivity contribution >= 4 is 21.6 Å². The molecule has 0 saturated carbocycles. The van der Waals surface area contributed by atoms with Crippen molar-refractivity contribution in [2.75, 3.05) is 5.32 Å². The first-order chi connectivity index (χ1) is 6.42. The number of pyridine rings is 1. The molecule has 0 spiro atoms. The summed E-state index contributed by atoms with van der Waals surface area (Å²) in [5.74, 6) is 0. The van der Waals surface area contributed by atoms with Gasteiger partial charge in [0.1, 0.15) is 0 Å². The fourth-order valence-corrected chi connectivity index (χ4v) is 1.32. The Balaban J connectivity index is 2.78. The summed E-state index contributed by atoms with van der Waals surface area (Å²) in [6.45, 7) is 5.65. The molecule has 1 heterocycles. The van der Waals surface area contributed by atoms with Gasteiger partial charge in [0.15, 0.2) is 0 Å². The van der Waals surface area contributed by atoms with Crippen LogP contribution < -0.4 is 5.32 Å². The molecule has 1 unspecified atom stereocenters. The summed E-state index contributed by atoms with van der Waals surface area (Å²) in [5.41, 5.74) is 0.535. The Morgan fingerprint density at radius 1 is 1.50 bits per heavy atom. The van der Waals surface area contributed by atoms with E-state index in [1.807, 2.05) is 19.9 Å². The highest BCUT2D eigenvalue weighted by Crippen LogP contribution is 2.20. The van der Waals surface area contributed by atoms with Gasteiger partial charge in [0.05, 0.1) is 23.5 Å². The summed E-state index contributed by atoms with van der Waals surface area (Å²) < 4.78 is 0.920. The molecule has 4 heteroatoms. The molecule has 1 aromatic rings. The first-order valence-corrected chi connectivity index (χ1v) is 5.28. The molecule has 2 N–H and O–H groups in total. The molecule has 3 nitrogen and oxygen atoms in total. The maximum absolute atomic E-state index is 9.52. The lowest BCUT2D eigenvalue weighted by Crippen LogP contribution is -2.41. The molecule has 0 aliphatic carbocycles. The number of aliphatic hydroxyl groups excluding tert-OH is 1. The topological polar surface area (TPSA) is 45.1 Å². The predicted molar refractivity (Wildman–Crippen MR) is 61.3 cm³/mol. The molecule has 0 bridgehead atoms. The highest BCUT2D eigenvalue weighted by Gasteiger charge is 2.23. The Labute approximate surface area is 92.7 Å². The number of nitrogens with one attached hydrogen (secondary N) is 1. The van der Waals surface area contributed by atoms with Crippen LogP contribution in [0.1, 0.15) is 20.8 Å².